The maximum Gasteiger partial charge on any atom is 0.243 e. The Hall–Kier alpha value is -0.430. The monoisotopic (exact) mass is 372 g/mol. The van der Waals surface area contributed by atoms with Crippen molar-refractivity contribution < 1.29 is 8.42 Å². The molecule has 21 heavy (non-hydrogen) atoms. The van der Waals surface area contributed by atoms with Gasteiger partial charge in [0, 0.05) is 38.1 Å². The van der Waals surface area contributed by atoms with Crippen LogP contribution in [0.2, 0.25) is 0 Å². The molecule has 0 atom stereocenters. The second kappa shape index (κ2) is 6.36. The Bertz CT molecular complexity index is 576. The number of piperazine rings is 1. The summed E-state index contributed by atoms with van der Waals surface area (Å²) in [6, 6.07) is 7.15. The van der Waals surface area contributed by atoms with Crippen LogP contribution in [0.25, 0.3) is 0 Å². The molecule has 1 saturated carbocycles. The van der Waals surface area contributed by atoms with Gasteiger partial charge in [-0.3, -0.25) is 0 Å². The minimum Gasteiger partial charge on any atom is -0.300 e. The van der Waals surface area contributed by atoms with Gasteiger partial charge in [0.2, 0.25) is 10.0 Å². The van der Waals surface area contributed by atoms with E-state index < -0.39 is 10.0 Å². The average Bonchev–Trinajstić information content (AvgIpc) is 3.32. The fraction of sp³-hybridized carbons (Fsp3) is 0.600. The Balaban J connectivity index is 1.64. The van der Waals surface area contributed by atoms with Crippen molar-refractivity contribution in [1.29, 1.82) is 0 Å². The molecule has 116 valence electrons. The predicted octanol–water partition coefficient (Wildman–Crippen LogP) is 2.30. The van der Waals surface area contributed by atoms with E-state index in [0.29, 0.717) is 18.0 Å². The van der Waals surface area contributed by atoms with Gasteiger partial charge < -0.3 is 4.90 Å². The molecule has 4 nitrogen and oxygen atoms in total. The molecule has 0 aromatic heterocycles. The van der Waals surface area contributed by atoms with Crippen LogP contribution in [0.5, 0.6) is 0 Å². The van der Waals surface area contributed by atoms with Crippen LogP contribution in [0.1, 0.15) is 18.4 Å². The first-order valence-electron chi connectivity index (χ1n) is 7.47. The van der Waals surface area contributed by atoms with Crippen LogP contribution in [0.15, 0.2) is 29.2 Å². The minimum atomic E-state index is -3.33. The Kier molecular flexibility index (Phi) is 4.69. The smallest absolute Gasteiger partial charge is 0.243 e. The third kappa shape index (κ3) is 3.67. The van der Waals surface area contributed by atoms with E-state index in [4.69, 9.17) is 0 Å². The summed E-state index contributed by atoms with van der Waals surface area (Å²) in [6.07, 6.45) is 2.69. The number of sulfonamides is 1. The fourth-order valence-electron chi connectivity index (χ4n) is 2.72. The number of benzene rings is 1. The van der Waals surface area contributed by atoms with Crippen LogP contribution in [-0.2, 0) is 15.4 Å². The zero-order chi connectivity index (χ0) is 14.9. The molecule has 0 bridgehead atoms. The highest BCUT2D eigenvalue weighted by Crippen LogP contribution is 2.30. The molecule has 6 heteroatoms. The molecule has 1 saturated heterocycles. The summed E-state index contributed by atoms with van der Waals surface area (Å²) >= 11 is 3.37. The van der Waals surface area contributed by atoms with Gasteiger partial charge in [-0.2, -0.15) is 4.31 Å². The largest absolute Gasteiger partial charge is 0.300 e. The number of alkyl halides is 1. The van der Waals surface area contributed by atoms with Gasteiger partial charge in [0.05, 0.1) is 4.90 Å². The van der Waals surface area contributed by atoms with Crippen molar-refractivity contribution in [2.24, 2.45) is 5.92 Å². The maximum absolute atomic E-state index is 12.6. The van der Waals surface area contributed by atoms with Crippen molar-refractivity contribution in [2.45, 2.75) is 23.1 Å². The lowest BCUT2D eigenvalue weighted by atomic mass is 10.2. The van der Waals surface area contributed by atoms with Crippen molar-refractivity contribution >= 4 is 26.0 Å². The quantitative estimate of drug-likeness (QED) is 0.744. The molecule has 0 unspecified atom stereocenters. The van der Waals surface area contributed by atoms with Crippen LogP contribution < -0.4 is 0 Å². The van der Waals surface area contributed by atoms with Gasteiger partial charge in [-0.15, -0.1) is 0 Å². The van der Waals surface area contributed by atoms with Crippen molar-refractivity contribution in [3.05, 3.63) is 29.8 Å². The lowest BCUT2D eigenvalue weighted by Crippen LogP contribution is -2.49. The van der Waals surface area contributed by atoms with Gasteiger partial charge in [0.15, 0.2) is 0 Å². The summed E-state index contributed by atoms with van der Waals surface area (Å²) in [5.41, 5.74) is 1.09. The zero-order valence-electron chi connectivity index (χ0n) is 12.0. The summed E-state index contributed by atoms with van der Waals surface area (Å²) < 4.78 is 26.9. The predicted molar refractivity (Wildman–Crippen MR) is 87.0 cm³/mol. The van der Waals surface area contributed by atoms with Crippen LogP contribution in [-0.4, -0.2) is 50.3 Å². The molecule has 1 aliphatic carbocycles. The second-order valence-electron chi connectivity index (χ2n) is 5.93. The molecule has 1 heterocycles. The van der Waals surface area contributed by atoms with Crippen molar-refractivity contribution in [3.63, 3.8) is 0 Å². The zero-order valence-corrected chi connectivity index (χ0v) is 14.4. The number of hydrogen-bond acceptors (Lipinski definition) is 3. The highest BCUT2D eigenvalue weighted by Gasteiger charge is 2.31. The Labute approximate surface area is 135 Å². The molecule has 0 spiro atoms. The highest BCUT2D eigenvalue weighted by atomic mass is 79.9. The first kappa shape index (κ1) is 15.5. The lowest BCUT2D eigenvalue weighted by molar-refractivity contribution is 0.182. The molecule has 2 aliphatic rings. The molecule has 2 fully saturated rings. The third-order valence-electron chi connectivity index (χ3n) is 4.26. The fourth-order valence-corrected chi connectivity index (χ4v) is 4.51. The van der Waals surface area contributed by atoms with Gasteiger partial charge in [-0.1, -0.05) is 28.1 Å². The molecule has 0 amide bonds. The molecule has 0 N–H and O–H groups in total. The van der Waals surface area contributed by atoms with E-state index in [9.17, 15) is 8.42 Å². The molecule has 1 aliphatic heterocycles. The summed E-state index contributed by atoms with van der Waals surface area (Å²) in [5.74, 6) is 0.866. The van der Waals surface area contributed by atoms with Gasteiger partial charge in [-0.25, -0.2) is 8.42 Å². The second-order valence-corrected chi connectivity index (χ2v) is 8.42. The molecular formula is C15H21BrN2O2S. The van der Waals surface area contributed by atoms with E-state index in [2.05, 4.69) is 20.8 Å². The van der Waals surface area contributed by atoms with Crippen molar-refractivity contribution in [2.75, 3.05) is 32.7 Å². The molecule has 0 radical (unpaired) electrons. The average molecular weight is 373 g/mol. The Morgan fingerprint density at radius 3 is 2.19 bits per heavy atom. The molecule has 1 aromatic rings. The Morgan fingerprint density at radius 2 is 1.67 bits per heavy atom. The van der Waals surface area contributed by atoms with Crippen LogP contribution in [0.3, 0.4) is 0 Å². The van der Waals surface area contributed by atoms with Crippen molar-refractivity contribution in [1.82, 2.24) is 9.21 Å². The maximum atomic E-state index is 12.6. The van der Waals surface area contributed by atoms with E-state index in [-0.39, 0.29) is 0 Å². The van der Waals surface area contributed by atoms with E-state index in [0.717, 1.165) is 36.4 Å². The van der Waals surface area contributed by atoms with Gasteiger partial charge in [0.1, 0.15) is 0 Å². The van der Waals surface area contributed by atoms with Gasteiger partial charge >= 0.3 is 0 Å². The van der Waals surface area contributed by atoms with E-state index in [1.807, 2.05) is 12.1 Å². The standard InChI is InChI=1S/C15H21BrN2O2S/c16-11-13-3-5-15(6-4-13)21(19,20)18-9-7-17(8-10-18)12-14-1-2-14/h3-6,14H,1-2,7-12H2. The topological polar surface area (TPSA) is 40.6 Å². The van der Waals surface area contributed by atoms with Crippen LogP contribution in [0, 0.1) is 5.92 Å². The number of nitrogens with zero attached hydrogens (tertiary/aromatic N) is 2. The molecular weight excluding hydrogens is 352 g/mol. The SMILES string of the molecule is O=S(=O)(c1ccc(CBr)cc1)N1CCN(CC2CC2)CC1. The van der Waals surface area contributed by atoms with E-state index >= 15 is 0 Å². The highest BCUT2D eigenvalue weighted by molar-refractivity contribution is 9.08. The first-order chi connectivity index (χ1) is 10.1. The number of halogens is 1. The minimum absolute atomic E-state index is 0.405. The van der Waals surface area contributed by atoms with Crippen LogP contribution >= 0.6 is 15.9 Å². The van der Waals surface area contributed by atoms with Gasteiger partial charge in [0.25, 0.3) is 0 Å². The number of hydrogen-bond donors (Lipinski definition) is 0. The van der Waals surface area contributed by atoms with Gasteiger partial charge in [-0.05, 0) is 36.5 Å². The van der Waals surface area contributed by atoms with Crippen LogP contribution in [0.4, 0.5) is 0 Å². The molecule has 1 aromatic carbocycles. The van der Waals surface area contributed by atoms with Crippen molar-refractivity contribution in [3.8, 4) is 0 Å². The molecule has 3 rings (SSSR count). The first-order valence-corrected chi connectivity index (χ1v) is 10.0. The summed E-state index contributed by atoms with van der Waals surface area (Å²) in [5, 5.41) is 0.743. The van der Waals surface area contributed by atoms with E-state index in [1.54, 1.807) is 16.4 Å². The lowest BCUT2D eigenvalue weighted by Gasteiger charge is -2.34. The normalized spacial score (nSPS) is 21.6. The Morgan fingerprint density at radius 1 is 1.05 bits per heavy atom. The number of rotatable bonds is 5. The summed E-state index contributed by atoms with van der Waals surface area (Å²) in [6.45, 7) is 4.07. The third-order valence-corrected chi connectivity index (χ3v) is 6.82. The summed E-state index contributed by atoms with van der Waals surface area (Å²) in [4.78, 5) is 2.81. The summed E-state index contributed by atoms with van der Waals surface area (Å²) in [7, 11) is -3.33. The van der Waals surface area contributed by atoms with E-state index in [1.165, 1.54) is 12.8 Å².